The van der Waals surface area contributed by atoms with Gasteiger partial charge in [0.2, 0.25) is 0 Å². The van der Waals surface area contributed by atoms with Crippen molar-refractivity contribution in [1.29, 1.82) is 0 Å². The summed E-state index contributed by atoms with van der Waals surface area (Å²) in [5, 5.41) is 17.9. The van der Waals surface area contributed by atoms with Crippen LogP contribution in [0.25, 0.3) is 0 Å². The molecule has 2 atom stereocenters. The largest absolute Gasteiger partial charge is 0.396 e. The molecule has 0 aliphatic heterocycles. The number of hydrogen-bond donors (Lipinski definition) is 2. The minimum absolute atomic E-state index is 0.138. The van der Waals surface area contributed by atoms with Gasteiger partial charge in [0, 0.05) is 6.61 Å². The molecule has 0 saturated heterocycles. The first-order valence-corrected chi connectivity index (χ1v) is 4.49. The SMILES string of the molecule is CCC(O)CCCC(C)CO. The van der Waals surface area contributed by atoms with E-state index in [0.29, 0.717) is 5.92 Å². The molecule has 0 aromatic carbocycles. The first-order chi connectivity index (χ1) is 5.20. The highest BCUT2D eigenvalue weighted by Crippen LogP contribution is 2.09. The zero-order valence-electron chi connectivity index (χ0n) is 7.58. The topological polar surface area (TPSA) is 40.5 Å². The van der Waals surface area contributed by atoms with Gasteiger partial charge in [0.1, 0.15) is 0 Å². The molecule has 0 aliphatic carbocycles. The van der Waals surface area contributed by atoms with E-state index in [1.807, 2.05) is 13.8 Å². The maximum Gasteiger partial charge on any atom is 0.0537 e. The number of rotatable bonds is 6. The van der Waals surface area contributed by atoms with Crippen molar-refractivity contribution < 1.29 is 10.2 Å². The first-order valence-electron chi connectivity index (χ1n) is 4.49. The van der Waals surface area contributed by atoms with Crippen LogP contribution in [-0.2, 0) is 0 Å². The Morgan fingerprint density at radius 2 is 1.91 bits per heavy atom. The van der Waals surface area contributed by atoms with E-state index in [9.17, 15) is 5.11 Å². The number of aliphatic hydroxyl groups excluding tert-OH is 2. The average molecular weight is 160 g/mol. The van der Waals surface area contributed by atoms with E-state index in [1.165, 1.54) is 0 Å². The molecule has 0 aliphatic rings. The molecule has 0 heterocycles. The summed E-state index contributed by atoms with van der Waals surface area (Å²) in [5.41, 5.74) is 0. The Morgan fingerprint density at radius 3 is 2.36 bits per heavy atom. The Balaban J connectivity index is 3.13. The Bertz CT molecular complexity index is 73.6. The van der Waals surface area contributed by atoms with Crippen molar-refractivity contribution in [2.75, 3.05) is 6.61 Å². The van der Waals surface area contributed by atoms with Crippen LogP contribution in [0.15, 0.2) is 0 Å². The molecule has 0 aromatic rings. The van der Waals surface area contributed by atoms with Gasteiger partial charge in [0.05, 0.1) is 6.10 Å². The second kappa shape index (κ2) is 6.62. The van der Waals surface area contributed by atoms with E-state index in [0.717, 1.165) is 25.7 Å². The summed E-state index contributed by atoms with van der Waals surface area (Å²) in [4.78, 5) is 0. The van der Waals surface area contributed by atoms with Gasteiger partial charge in [-0.05, 0) is 25.2 Å². The van der Waals surface area contributed by atoms with E-state index in [-0.39, 0.29) is 12.7 Å². The van der Waals surface area contributed by atoms with Gasteiger partial charge in [-0.25, -0.2) is 0 Å². The molecule has 11 heavy (non-hydrogen) atoms. The smallest absolute Gasteiger partial charge is 0.0537 e. The van der Waals surface area contributed by atoms with Crippen molar-refractivity contribution in [3.63, 3.8) is 0 Å². The van der Waals surface area contributed by atoms with Crippen LogP contribution < -0.4 is 0 Å². The van der Waals surface area contributed by atoms with E-state index >= 15 is 0 Å². The van der Waals surface area contributed by atoms with Crippen molar-refractivity contribution in [3.05, 3.63) is 0 Å². The highest BCUT2D eigenvalue weighted by molar-refractivity contribution is 4.55. The predicted octanol–water partition coefficient (Wildman–Crippen LogP) is 1.56. The molecule has 2 unspecified atom stereocenters. The monoisotopic (exact) mass is 160 g/mol. The number of aliphatic hydroxyl groups is 2. The van der Waals surface area contributed by atoms with Crippen LogP contribution in [0.2, 0.25) is 0 Å². The summed E-state index contributed by atoms with van der Waals surface area (Å²) in [6, 6.07) is 0. The molecule has 0 aromatic heterocycles. The molecular weight excluding hydrogens is 140 g/mol. The second-order valence-corrected chi connectivity index (χ2v) is 3.28. The average Bonchev–Trinajstić information content (AvgIpc) is 2.04. The summed E-state index contributed by atoms with van der Waals surface area (Å²) in [6.45, 7) is 4.28. The third kappa shape index (κ3) is 6.32. The van der Waals surface area contributed by atoms with Crippen molar-refractivity contribution >= 4 is 0 Å². The van der Waals surface area contributed by atoms with E-state index in [4.69, 9.17) is 5.11 Å². The molecule has 0 saturated carbocycles. The van der Waals surface area contributed by atoms with E-state index in [2.05, 4.69) is 0 Å². The first kappa shape index (κ1) is 10.9. The zero-order valence-corrected chi connectivity index (χ0v) is 7.58. The van der Waals surface area contributed by atoms with Crippen molar-refractivity contribution in [2.24, 2.45) is 5.92 Å². The van der Waals surface area contributed by atoms with Gasteiger partial charge in [0.15, 0.2) is 0 Å². The quantitative estimate of drug-likeness (QED) is 0.619. The maximum absolute atomic E-state index is 9.18. The molecule has 0 spiro atoms. The minimum atomic E-state index is -0.138. The third-order valence-corrected chi connectivity index (χ3v) is 2.02. The van der Waals surface area contributed by atoms with Gasteiger partial charge in [-0.1, -0.05) is 20.3 Å². The van der Waals surface area contributed by atoms with Crippen LogP contribution in [-0.4, -0.2) is 22.9 Å². The fourth-order valence-corrected chi connectivity index (χ4v) is 0.997. The fourth-order valence-electron chi connectivity index (χ4n) is 0.997. The van der Waals surface area contributed by atoms with Crippen LogP contribution >= 0.6 is 0 Å². The standard InChI is InChI=1S/C9H20O2/c1-3-9(11)6-4-5-8(2)7-10/h8-11H,3-7H2,1-2H3. The summed E-state index contributed by atoms with van der Waals surface area (Å²) in [5.74, 6) is 0.388. The summed E-state index contributed by atoms with van der Waals surface area (Å²) in [7, 11) is 0. The lowest BCUT2D eigenvalue weighted by Crippen LogP contribution is -2.06. The van der Waals surface area contributed by atoms with Gasteiger partial charge >= 0.3 is 0 Å². The highest BCUT2D eigenvalue weighted by atomic mass is 16.3. The van der Waals surface area contributed by atoms with Crippen molar-refractivity contribution in [3.8, 4) is 0 Å². The molecule has 0 bridgehead atoms. The summed E-state index contributed by atoms with van der Waals surface area (Å²) < 4.78 is 0. The Kier molecular flexibility index (Phi) is 6.57. The minimum Gasteiger partial charge on any atom is -0.396 e. The van der Waals surface area contributed by atoms with E-state index in [1.54, 1.807) is 0 Å². The molecule has 0 radical (unpaired) electrons. The van der Waals surface area contributed by atoms with Crippen LogP contribution in [0.1, 0.15) is 39.5 Å². The highest BCUT2D eigenvalue weighted by Gasteiger charge is 2.03. The molecule has 0 rings (SSSR count). The summed E-state index contributed by atoms with van der Waals surface area (Å²) >= 11 is 0. The molecule has 0 fully saturated rings. The lowest BCUT2D eigenvalue weighted by molar-refractivity contribution is 0.150. The lowest BCUT2D eigenvalue weighted by Gasteiger charge is -2.09. The Morgan fingerprint density at radius 1 is 1.27 bits per heavy atom. The van der Waals surface area contributed by atoms with Gasteiger partial charge in [-0.3, -0.25) is 0 Å². The summed E-state index contributed by atoms with van der Waals surface area (Å²) in [6.07, 6.45) is 3.62. The van der Waals surface area contributed by atoms with Crippen molar-refractivity contribution in [2.45, 2.75) is 45.6 Å². The molecular formula is C9H20O2. The Hall–Kier alpha value is -0.0800. The van der Waals surface area contributed by atoms with E-state index < -0.39 is 0 Å². The molecule has 2 nitrogen and oxygen atoms in total. The van der Waals surface area contributed by atoms with Gasteiger partial charge < -0.3 is 10.2 Å². The molecule has 68 valence electrons. The predicted molar refractivity (Wildman–Crippen MR) is 46.4 cm³/mol. The van der Waals surface area contributed by atoms with Crippen LogP contribution in [0.5, 0.6) is 0 Å². The van der Waals surface area contributed by atoms with Gasteiger partial charge in [0.25, 0.3) is 0 Å². The van der Waals surface area contributed by atoms with Crippen molar-refractivity contribution in [1.82, 2.24) is 0 Å². The second-order valence-electron chi connectivity index (χ2n) is 3.28. The molecule has 2 heteroatoms. The maximum atomic E-state index is 9.18. The zero-order chi connectivity index (χ0) is 8.69. The van der Waals surface area contributed by atoms with Crippen LogP contribution in [0.4, 0.5) is 0 Å². The third-order valence-electron chi connectivity index (χ3n) is 2.02. The Labute approximate surface area is 69.2 Å². The molecule has 2 N–H and O–H groups in total. The normalized spacial score (nSPS) is 16.4. The van der Waals surface area contributed by atoms with Gasteiger partial charge in [-0.2, -0.15) is 0 Å². The lowest BCUT2D eigenvalue weighted by atomic mass is 10.0. The van der Waals surface area contributed by atoms with Crippen LogP contribution in [0.3, 0.4) is 0 Å². The molecule has 0 amide bonds. The fraction of sp³-hybridized carbons (Fsp3) is 1.00. The van der Waals surface area contributed by atoms with Gasteiger partial charge in [-0.15, -0.1) is 0 Å². The number of hydrogen-bond acceptors (Lipinski definition) is 2. The van der Waals surface area contributed by atoms with Crippen LogP contribution in [0, 0.1) is 5.92 Å².